The normalized spacial score (nSPS) is 19.3. The number of aromatic nitrogens is 2. The Bertz CT molecular complexity index is 958. The van der Waals surface area contributed by atoms with Crippen LogP contribution in [-0.4, -0.2) is 50.4 Å². The number of nitrogens with zero attached hydrogens (tertiary/aromatic N) is 3. The van der Waals surface area contributed by atoms with Gasteiger partial charge in [-0.15, -0.1) is 0 Å². The number of pyridine rings is 2. The van der Waals surface area contributed by atoms with Crippen molar-refractivity contribution in [1.29, 1.82) is 0 Å². The van der Waals surface area contributed by atoms with Gasteiger partial charge in [-0.05, 0) is 30.7 Å². The lowest BCUT2D eigenvalue weighted by Gasteiger charge is -2.31. The summed E-state index contributed by atoms with van der Waals surface area (Å²) >= 11 is 0. The maximum atomic E-state index is 13.6. The Morgan fingerprint density at radius 3 is 2.58 bits per heavy atom. The lowest BCUT2D eigenvalue weighted by Crippen LogP contribution is -2.42. The Balaban J connectivity index is 1.86. The van der Waals surface area contributed by atoms with Gasteiger partial charge in [0, 0.05) is 38.6 Å². The summed E-state index contributed by atoms with van der Waals surface area (Å²) in [6.45, 7) is 11.7. The van der Waals surface area contributed by atoms with Crippen LogP contribution in [0, 0.1) is 0 Å². The number of carbonyl (C=O) groups excluding carboxylic acids is 2. The molecule has 166 valence electrons. The Labute approximate surface area is 184 Å². The molecule has 3 rings (SSSR count). The summed E-state index contributed by atoms with van der Waals surface area (Å²) in [6.07, 6.45) is 3.34. The van der Waals surface area contributed by atoms with Crippen LogP contribution in [0.15, 0.2) is 36.7 Å². The van der Waals surface area contributed by atoms with Crippen molar-refractivity contribution in [2.24, 2.45) is 0 Å². The molecule has 0 saturated heterocycles. The number of hydrogen-bond acceptors (Lipinski definition) is 6. The third-order valence-electron chi connectivity index (χ3n) is 6.05. The summed E-state index contributed by atoms with van der Waals surface area (Å²) < 4.78 is 10.6. The maximum Gasteiger partial charge on any atom is 0.356 e. The quantitative estimate of drug-likeness (QED) is 0.350. The third kappa shape index (κ3) is 4.55. The summed E-state index contributed by atoms with van der Waals surface area (Å²) in [5.41, 5.74) is 1.15. The molecule has 0 aromatic carbocycles. The highest BCUT2D eigenvalue weighted by Gasteiger charge is 2.52. The lowest BCUT2D eigenvalue weighted by atomic mass is 9.71. The molecule has 1 aliphatic heterocycles. The van der Waals surface area contributed by atoms with Gasteiger partial charge in [-0.1, -0.05) is 38.7 Å². The molecule has 1 amide bonds. The first kappa shape index (κ1) is 23.1. The molecule has 7 nitrogen and oxygen atoms in total. The molecule has 8 heteroatoms. The fourth-order valence-electron chi connectivity index (χ4n) is 3.80. The first-order valence-corrected chi connectivity index (χ1v) is 14.2. The molecule has 2 atom stereocenters. The van der Waals surface area contributed by atoms with Gasteiger partial charge in [-0.3, -0.25) is 9.69 Å². The van der Waals surface area contributed by atoms with Gasteiger partial charge in [0.05, 0.1) is 12.5 Å². The fraction of sp³-hybridized carbons (Fsp3) is 0.478. The zero-order valence-corrected chi connectivity index (χ0v) is 20.1. The van der Waals surface area contributed by atoms with E-state index in [4.69, 9.17) is 9.47 Å². The monoisotopic (exact) mass is 441 g/mol. The van der Waals surface area contributed by atoms with Crippen molar-refractivity contribution >= 4 is 25.8 Å². The van der Waals surface area contributed by atoms with Crippen molar-refractivity contribution in [2.45, 2.75) is 50.9 Å². The molecule has 0 fully saturated rings. The van der Waals surface area contributed by atoms with E-state index in [9.17, 15) is 9.59 Å². The predicted octanol–water partition coefficient (Wildman–Crippen LogP) is 3.98. The number of anilines is 1. The molecule has 0 bridgehead atoms. The summed E-state index contributed by atoms with van der Waals surface area (Å²) in [6, 6.07) is 8.30. The summed E-state index contributed by atoms with van der Waals surface area (Å²) in [5.74, 6) is -0.0691. The van der Waals surface area contributed by atoms with Gasteiger partial charge in [0.15, 0.2) is 0 Å². The molecule has 3 heterocycles. The second-order valence-electron chi connectivity index (χ2n) is 9.35. The molecule has 2 aromatic rings. The van der Waals surface area contributed by atoms with E-state index in [2.05, 4.69) is 29.6 Å². The molecule has 0 aliphatic carbocycles. The standard InChI is InChI=1S/C23H31N3O4Si/c1-16(17-9-10-19(25-14-17)21(27)29-3)23(2)18-8-7-11-24-20(18)26(22(23)28)15-30-12-13-31(4,5)6/h7-11,14,16H,12-13,15H2,1-6H3/t16?,23-/m1/s1. The zero-order chi connectivity index (χ0) is 22.8. The molecular formula is C23H31N3O4Si. The van der Waals surface area contributed by atoms with Crippen molar-refractivity contribution in [3.8, 4) is 0 Å². The Kier molecular flexibility index (Phi) is 6.61. The van der Waals surface area contributed by atoms with Crippen LogP contribution >= 0.6 is 0 Å². The second kappa shape index (κ2) is 8.88. The van der Waals surface area contributed by atoms with Gasteiger partial charge in [-0.2, -0.15) is 0 Å². The predicted molar refractivity (Wildman–Crippen MR) is 122 cm³/mol. The van der Waals surface area contributed by atoms with E-state index in [0.717, 1.165) is 17.2 Å². The number of amides is 1. The number of fused-ring (bicyclic) bond motifs is 1. The topological polar surface area (TPSA) is 81.6 Å². The van der Waals surface area contributed by atoms with Crippen LogP contribution in [0.1, 0.15) is 41.4 Å². The minimum atomic E-state index is -1.21. The molecule has 31 heavy (non-hydrogen) atoms. The Morgan fingerprint density at radius 2 is 1.97 bits per heavy atom. The fourth-order valence-corrected chi connectivity index (χ4v) is 4.56. The number of carbonyl (C=O) groups is 2. The van der Waals surface area contributed by atoms with E-state index in [-0.39, 0.29) is 24.2 Å². The molecule has 0 spiro atoms. The van der Waals surface area contributed by atoms with E-state index in [0.29, 0.717) is 12.4 Å². The molecule has 1 unspecified atom stereocenters. The minimum Gasteiger partial charge on any atom is -0.464 e. The van der Waals surface area contributed by atoms with Crippen LogP contribution in [0.3, 0.4) is 0 Å². The van der Waals surface area contributed by atoms with Crippen LogP contribution in [0.4, 0.5) is 5.82 Å². The number of methoxy groups -OCH3 is 1. The van der Waals surface area contributed by atoms with Gasteiger partial charge in [-0.25, -0.2) is 14.8 Å². The Morgan fingerprint density at radius 1 is 1.23 bits per heavy atom. The van der Waals surface area contributed by atoms with Crippen LogP contribution in [-0.2, 0) is 19.7 Å². The number of ether oxygens (including phenoxy) is 2. The van der Waals surface area contributed by atoms with Crippen molar-refractivity contribution in [2.75, 3.05) is 25.3 Å². The third-order valence-corrected chi connectivity index (χ3v) is 7.76. The zero-order valence-electron chi connectivity index (χ0n) is 19.1. The second-order valence-corrected chi connectivity index (χ2v) is 15.0. The van der Waals surface area contributed by atoms with Gasteiger partial charge < -0.3 is 9.47 Å². The Hall–Kier alpha value is -2.58. The highest BCUT2D eigenvalue weighted by Crippen LogP contribution is 2.48. The van der Waals surface area contributed by atoms with Crippen molar-refractivity contribution < 1.29 is 19.1 Å². The van der Waals surface area contributed by atoms with Gasteiger partial charge in [0.25, 0.3) is 0 Å². The summed E-state index contributed by atoms with van der Waals surface area (Å²) in [5, 5.41) is 0. The average molecular weight is 442 g/mol. The highest BCUT2D eigenvalue weighted by atomic mass is 28.3. The first-order chi connectivity index (χ1) is 14.6. The lowest BCUT2D eigenvalue weighted by molar-refractivity contribution is -0.124. The van der Waals surface area contributed by atoms with Crippen LogP contribution in [0.5, 0.6) is 0 Å². The van der Waals surface area contributed by atoms with Crippen LogP contribution in [0.25, 0.3) is 0 Å². The summed E-state index contributed by atoms with van der Waals surface area (Å²) in [4.78, 5) is 35.7. The molecule has 0 radical (unpaired) electrons. The van der Waals surface area contributed by atoms with E-state index in [1.807, 2.05) is 32.0 Å². The first-order valence-electron chi connectivity index (χ1n) is 10.5. The van der Waals surface area contributed by atoms with E-state index in [1.165, 1.54) is 7.11 Å². The molecule has 0 N–H and O–H groups in total. The van der Waals surface area contributed by atoms with E-state index in [1.54, 1.807) is 23.4 Å². The van der Waals surface area contributed by atoms with Gasteiger partial charge in [0.2, 0.25) is 5.91 Å². The number of esters is 1. The maximum absolute atomic E-state index is 13.6. The summed E-state index contributed by atoms with van der Waals surface area (Å²) in [7, 11) is 0.110. The largest absolute Gasteiger partial charge is 0.464 e. The molecule has 2 aromatic heterocycles. The van der Waals surface area contributed by atoms with Crippen molar-refractivity contribution in [3.63, 3.8) is 0 Å². The van der Waals surface area contributed by atoms with E-state index >= 15 is 0 Å². The molecule has 0 saturated carbocycles. The average Bonchev–Trinajstić information content (AvgIpc) is 2.97. The van der Waals surface area contributed by atoms with Crippen LogP contribution < -0.4 is 4.90 Å². The van der Waals surface area contributed by atoms with Gasteiger partial charge >= 0.3 is 5.97 Å². The van der Waals surface area contributed by atoms with E-state index < -0.39 is 19.5 Å². The number of rotatable bonds is 8. The smallest absolute Gasteiger partial charge is 0.356 e. The number of hydrogen-bond donors (Lipinski definition) is 0. The van der Waals surface area contributed by atoms with Crippen LogP contribution in [0.2, 0.25) is 25.7 Å². The highest BCUT2D eigenvalue weighted by molar-refractivity contribution is 6.76. The SMILES string of the molecule is COC(=O)c1ccc(C(C)[C@@]2(C)C(=O)N(COCC[Si](C)(C)C)c3ncccc32)cn1. The van der Waals surface area contributed by atoms with Gasteiger partial charge in [0.1, 0.15) is 18.2 Å². The minimum absolute atomic E-state index is 0.0428. The van der Waals surface area contributed by atoms with Crippen molar-refractivity contribution in [1.82, 2.24) is 9.97 Å². The van der Waals surface area contributed by atoms with Crippen molar-refractivity contribution in [3.05, 3.63) is 53.5 Å². The molecular weight excluding hydrogens is 410 g/mol. The molecule has 1 aliphatic rings.